The van der Waals surface area contributed by atoms with E-state index in [0.29, 0.717) is 13.1 Å². The summed E-state index contributed by atoms with van der Waals surface area (Å²) in [4.78, 5) is 25.6. The Bertz CT molecular complexity index is 433. The Morgan fingerprint density at radius 3 is 2.47 bits per heavy atom. The molecule has 2 fully saturated rings. The van der Waals surface area contributed by atoms with Crippen molar-refractivity contribution in [1.29, 1.82) is 0 Å². The molecule has 0 radical (unpaired) electrons. The van der Waals surface area contributed by atoms with Crippen molar-refractivity contribution in [1.82, 2.24) is 4.90 Å². The summed E-state index contributed by atoms with van der Waals surface area (Å²) in [6.45, 7) is 0.989. The molecule has 3 rings (SSSR count). The third kappa shape index (κ3) is 2.06. The van der Waals surface area contributed by atoms with Crippen LogP contribution in [0, 0.1) is 23.7 Å². The van der Waals surface area contributed by atoms with Crippen LogP contribution in [0.1, 0.15) is 19.3 Å². The van der Waals surface area contributed by atoms with Crippen LogP contribution < -0.4 is 0 Å². The summed E-state index contributed by atoms with van der Waals surface area (Å²) in [5, 5.41) is 19.0. The van der Waals surface area contributed by atoms with Gasteiger partial charge in [-0.3, -0.25) is 9.59 Å². The second-order valence-corrected chi connectivity index (χ2v) is 5.92. The van der Waals surface area contributed by atoms with Crippen molar-refractivity contribution in [2.45, 2.75) is 25.4 Å². The van der Waals surface area contributed by atoms with Crippen LogP contribution in [-0.4, -0.2) is 46.2 Å². The van der Waals surface area contributed by atoms with E-state index in [1.165, 1.54) is 0 Å². The molecule has 2 unspecified atom stereocenters. The van der Waals surface area contributed by atoms with E-state index >= 15 is 0 Å². The summed E-state index contributed by atoms with van der Waals surface area (Å²) in [6, 6.07) is 0. The van der Waals surface area contributed by atoms with Gasteiger partial charge in [0.05, 0.1) is 17.9 Å². The summed E-state index contributed by atoms with van der Waals surface area (Å²) in [6.07, 6.45) is 5.77. The maximum absolute atomic E-state index is 12.6. The van der Waals surface area contributed by atoms with Crippen molar-refractivity contribution in [3.05, 3.63) is 12.2 Å². The maximum Gasteiger partial charge on any atom is 0.307 e. The highest BCUT2D eigenvalue weighted by molar-refractivity contribution is 5.87. The van der Waals surface area contributed by atoms with Crippen LogP contribution >= 0.6 is 0 Å². The number of likely N-dealkylation sites (tertiary alicyclic amines) is 1. The molecule has 5 nitrogen and oxygen atoms in total. The average Bonchev–Trinajstić information content (AvgIpc) is 2.97. The van der Waals surface area contributed by atoms with Crippen LogP contribution in [-0.2, 0) is 9.59 Å². The first kappa shape index (κ1) is 12.7. The van der Waals surface area contributed by atoms with Gasteiger partial charge in [-0.25, -0.2) is 0 Å². The molecule has 2 N–H and O–H groups in total. The first-order valence-electron chi connectivity index (χ1n) is 6.96. The quantitative estimate of drug-likeness (QED) is 0.712. The number of rotatable bonds is 2. The number of aliphatic hydroxyl groups is 1. The van der Waals surface area contributed by atoms with Gasteiger partial charge in [0.25, 0.3) is 0 Å². The number of aliphatic carboxylic acids is 1. The summed E-state index contributed by atoms with van der Waals surface area (Å²) >= 11 is 0. The number of β-amino-alcohol motifs (C(OH)–C–C–N with tert-alkyl or cyclic N) is 1. The van der Waals surface area contributed by atoms with Gasteiger partial charge in [0.1, 0.15) is 0 Å². The van der Waals surface area contributed by atoms with Gasteiger partial charge < -0.3 is 15.1 Å². The minimum atomic E-state index is -0.868. The number of piperidine rings is 1. The fourth-order valence-electron chi connectivity index (χ4n) is 3.86. The molecule has 3 aliphatic rings. The smallest absolute Gasteiger partial charge is 0.307 e. The Morgan fingerprint density at radius 1 is 1.16 bits per heavy atom. The average molecular weight is 265 g/mol. The number of carbonyl (C=O) groups is 2. The van der Waals surface area contributed by atoms with E-state index in [9.17, 15) is 19.8 Å². The number of carbonyl (C=O) groups excluding carboxylic acids is 1. The molecule has 5 atom stereocenters. The molecule has 0 aromatic heterocycles. The zero-order chi connectivity index (χ0) is 13.6. The molecule has 1 aliphatic heterocycles. The molecule has 5 heteroatoms. The van der Waals surface area contributed by atoms with E-state index in [1.807, 2.05) is 12.2 Å². The standard InChI is InChI=1S/C14H19NO4/c16-10-2-1-5-15(7-10)13(17)11-8-3-4-9(6-8)12(11)14(18)19/h3-4,8-12,16H,1-2,5-7H2,(H,18,19)/t8?,9?,10-,11-,12+/m0/s1. The minimum absolute atomic E-state index is 0.00571. The third-order valence-electron chi connectivity index (χ3n) is 4.74. The summed E-state index contributed by atoms with van der Waals surface area (Å²) in [5.74, 6) is -1.89. The number of amides is 1. The van der Waals surface area contributed by atoms with Crippen molar-refractivity contribution in [3.63, 3.8) is 0 Å². The van der Waals surface area contributed by atoms with E-state index in [1.54, 1.807) is 4.90 Å². The van der Waals surface area contributed by atoms with Gasteiger partial charge in [0.2, 0.25) is 5.91 Å². The lowest BCUT2D eigenvalue weighted by Crippen LogP contribution is -2.48. The molecule has 1 saturated heterocycles. The Kier molecular flexibility index (Phi) is 3.09. The fourth-order valence-corrected chi connectivity index (χ4v) is 3.86. The van der Waals surface area contributed by atoms with E-state index in [4.69, 9.17) is 0 Å². The van der Waals surface area contributed by atoms with Gasteiger partial charge in [-0.05, 0) is 31.1 Å². The number of aliphatic hydroxyl groups excluding tert-OH is 1. The highest BCUT2D eigenvalue weighted by Crippen LogP contribution is 2.48. The van der Waals surface area contributed by atoms with Gasteiger partial charge in [0.15, 0.2) is 0 Å². The van der Waals surface area contributed by atoms with Gasteiger partial charge in [0, 0.05) is 13.1 Å². The van der Waals surface area contributed by atoms with Crippen molar-refractivity contribution < 1.29 is 19.8 Å². The molecule has 2 bridgehead atoms. The van der Waals surface area contributed by atoms with Gasteiger partial charge >= 0.3 is 5.97 Å². The van der Waals surface area contributed by atoms with Crippen molar-refractivity contribution in [3.8, 4) is 0 Å². The number of fused-ring (bicyclic) bond motifs is 2. The molecule has 0 spiro atoms. The predicted octanol–water partition coefficient (Wildman–Crippen LogP) is 0.493. The van der Waals surface area contributed by atoms with E-state index in [2.05, 4.69) is 0 Å². The molecule has 19 heavy (non-hydrogen) atoms. The molecular formula is C14H19NO4. The van der Waals surface area contributed by atoms with E-state index < -0.39 is 23.9 Å². The van der Waals surface area contributed by atoms with Crippen LogP contribution in [0.4, 0.5) is 0 Å². The molecule has 0 aromatic rings. The topological polar surface area (TPSA) is 77.8 Å². The molecule has 2 aliphatic carbocycles. The second-order valence-electron chi connectivity index (χ2n) is 5.92. The molecule has 104 valence electrons. The lowest BCUT2D eigenvalue weighted by Gasteiger charge is -2.35. The zero-order valence-corrected chi connectivity index (χ0v) is 10.7. The van der Waals surface area contributed by atoms with Crippen molar-refractivity contribution in [2.75, 3.05) is 13.1 Å². The van der Waals surface area contributed by atoms with Crippen LogP contribution in [0.5, 0.6) is 0 Å². The SMILES string of the molecule is O=C(O)[C@@H]1C2C=CC(C2)[C@@H]1C(=O)N1CCC[C@H](O)C1. The summed E-state index contributed by atoms with van der Waals surface area (Å²) < 4.78 is 0. The summed E-state index contributed by atoms with van der Waals surface area (Å²) in [7, 11) is 0. The number of carboxylic acid groups (broad SMARTS) is 1. The number of carboxylic acids is 1. The van der Waals surface area contributed by atoms with Crippen molar-refractivity contribution >= 4 is 11.9 Å². The first-order chi connectivity index (χ1) is 9.08. The number of hydrogen-bond donors (Lipinski definition) is 2. The van der Waals surface area contributed by atoms with Gasteiger partial charge in [-0.1, -0.05) is 12.2 Å². The van der Waals surface area contributed by atoms with Crippen LogP contribution in [0.3, 0.4) is 0 Å². The number of allylic oxidation sites excluding steroid dienone is 2. The first-order valence-corrected chi connectivity index (χ1v) is 6.96. The monoisotopic (exact) mass is 265 g/mol. The van der Waals surface area contributed by atoms with E-state index in [-0.39, 0.29) is 17.7 Å². The fraction of sp³-hybridized carbons (Fsp3) is 0.714. The minimum Gasteiger partial charge on any atom is -0.481 e. The normalized spacial score (nSPS) is 40.7. The third-order valence-corrected chi connectivity index (χ3v) is 4.74. The lowest BCUT2D eigenvalue weighted by molar-refractivity contribution is -0.152. The maximum atomic E-state index is 12.6. The van der Waals surface area contributed by atoms with Gasteiger partial charge in [-0.15, -0.1) is 0 Å². The zero-order valence-electron chi connectivity index (χ0n) is 10.7. The Morgan fingerprint density at radius 2 is 1.84 bits per heavy atom. The number of hydrogen-bond acceptors (Lipinski definition) is 3. The molecule has 1 amide bonds. The molecular weight excluding hydrogens is 246 g/mol. The van der Waals surface area contributed by atoms with Crippen LogP contribution in [0.25, 0.3) is 0 Å². The summed E-state index contributed by atoms with van der Waals surface area (Å²) in [5.41, 5.74) is 0. The van der Waals surface area contributed by atoms with Crippen LogP contribution in [0.15, 0.2) is 12.2 Å². The highest BCUT2D eigenvalue weighted by Gasteiger charge is 2.52. The van der Waals surface area contributed by atoms with E-state index in [0.717, 1.165) is 19.3 Å². The Labute approximate surface area is 111 Å². The highest BCUT2D eigenvalue weighted by atomic mass is 16.4. The predicted molar refractivity (Wildman–Crippen MR) is 67.2 cm³/mol. The Hall–Kier alpha value is -1.36. The van der Waals surface area contributed by atoms with Gasteiger partial charge in [-0.2, -0.15) is 0 Å². The second kappa shape index (κ2) is 4.63. The lowest BCUT2D eigenvalue weighted by atomic mass is 9.81. The largest absolute Gasteiger partial charge is 0.481 e. The number of nitrogens with zero attached hydrogens (tertiary/aromatic N) is 1. The van der Waals surface area contributed by atoms with Crippen LogP contribution in [0.2, 0.25) is 0 Å². The molecule has 1 saturated carbocycles. The molecule has 1 heterocycles. The Balaban J connectivity index is 1.78. The van der Waals surface area contributed by atoms with Crippen molar-refractivity contribution in [2.24, 2.45) is 23.7 Å². The molecule has 0 aromatic carbocycles.